The fraction of sp³-hybridized carbons (Fsp3) is 0.467. The molecule has 6 heteroatoms. The lowest BCUT2D eigenvalue weighted by molar-refractivity contribution is -0.124. The maximum Gasteiger partial charge on any atom is 0.322 e. The number of benzene rings is 1. The normalized spacial score (nSPS) is 19.2. The largest absolute Gasteiger partial charge is 0.357 e. The van der Waals surface area contributed by atoms with E-state index in [0.29, 0.717) is 18.7 Å². The van der Waals surface area contributed by atoms with Crippen LogP contribution in [-0.2, 0) is 4.79 Å². The van der Waals surface area contributed by atoms with Gasteiger partial charge in [-0.1, -0.05) is 12.1 Å². The van der Waals surface area contributed by atoms with E-state index in [1.165, 1.54) is 0 Å². The minimum Gasteiger partial charge on any atom is -0.357 e. The number of anilines is 1. The third-order valence-electron chi connectivity index (χ3n) is 3.73. The van der Waals surface area contributed by atoms with E-state index in [4.69, 9.17) is 5.73 Å². The molecule has 0 aliphatic carbocycles. The second-order valence-electron chi connectivity index (χ2n) is 5.31. The average Bonchev–Trinajstić information content (AvgIpc) is 2.96. The summed E-state index contributed by atoms with van der Waals surface area (Å²) in [6, 6.07) is 6.72. The van der Waals surface area contributed by atoms with Gasteiger partial charge in [-0.05, 0) is 37.5 Å². The molecule has 0 aromatic heterocycles. The number of hydrogen-bond acceptors (Lipinski definition) is 3. The Morgan fingerprint density at radius 3 is 2.86 bits per heavy atom. The zero-order valence-electron chi connectivity index (χ0n) is 12.4. The molecule has 2 rings (SSSR count). The summed E-state index contributed by atoms with van der Waals surface area (Å²) in [5.41, 5.74) is 7.49. The molecule has 1 aliphatic rings. The van der Waals surface area contributed by atoms with Crippen molar-refractivity contribution in [3.05, 3.63) is 29.8 Å². The van der Waals surface area contributed by atoms with Gasteiger partial charge in [0.25, 0.3) is 0 Å². The first kappa shape index (κ1) is 15.3. The van der Waals surface area contributed by atoms with Crippen LogP contribution >= 0.6 is 0 Å². The second-order valence-corrected chi connectivity index (χ2v) is 5.31. The van der Waals surface area contributed by atoms with Crippen molar-refractivity contribution in [2.24, 2.45) is 5.73 Å². The fourth-order valence-electron chi connectivity index (χ4n) is 2.54. The molecule has 1 aliphatic heterocycles. The van der Waals surface area contributed by atoms with Gasteiger partial charge in [0, 0.05) is 25.3 Å². The summed E-state index contributed by atoms with van der Waals surface area (Å²) in [4.78, 5) is 25.7. The van der Waals surface area contributed by atoms with Crippen LogP contribution in [-0.4, -0.2) is 36.5 Å². The zero-order chi connectivity index (χ0) is 15.4. The van der Waals surface area contributed by atoms with Crippen molar-refractivity contribution in [3.8, 4) is 0 Å². The molecule has 1 aromatic carbocycles. The number of carbonyl (C=O) groups excluding carboxylic acids is 2. The molecule has 1 aromatic rings. The van der Waals surface area contributed by atoms with Crippen molar-refractivity contribution >= 4 is 17.6 Å². The van der Waals surface area contributed by atoms with E-state index >= 15 is 0 Å². The monoisotopic (exact) mass is 290 g/mol. The summed E-state index contributed by atoms with van der Waals surface area (Å²) < 4.78 is 0. The van der Waals surface area contributed by atoms with Crippen LogP contribution in [0.4, 0.5) is 10.5 Å². The van der Waals surface area contributed by atoms with Gasteiger partial charge in [0.2, 0.25) is 5.91 Å². The molecule has 4 N–H and O–H groups in total. The molecule has 0 radical (unpaired) electrons. The lowest BCUT2D eigenvalue weighted by Crippen LogP contribution is -2.46. The quantitative estimate of drug-likeness (QED) is 0.787. The topological polar surface area (TPSA) is 87.5 Å². The van der Waals surface area contributed by atoms with E-state index in [0.717, 1.165) is 12.0 Å². The molecule has 6 nitrogen and oxygen atoms in total. The van der Waals surface area contributed by atoms with Crippen LogP contribution in [0.25, 0.3) is 0 Å². The first-order chi connectivity index (χ1) is 10.0. The lowest BCUT2D eigenvalue weighted by atomic mass is 10.1. The highest BCUT2D eigenvalue weighted by atomic mass is 16.2. The number of urea groups is 1. The van der Waals surface area contributed by atoms with Gasteiger partial charge in [-0.2, -0.15) is 0 Å². The molecular weight excluding hydrogens is 268 g/mol. The van der Waals surface area contributed by atoms with E-state index < -0.39 is 0 Å². The predicted octanol–water partition coefficient (Wildman–Crippen LogP) is 1.45. The van der Waals surface area contributed by atoms with Gasteiger partial charge in [-0.25, -0.2) is 4.79 Å². The molecule has 0 bridgehead atoms. The Balaban J connectivity index is 2.07. The number of nitrogens with one attached hydrogen (secondary N) is 2. The Morgan fingerprint density at radius 2 is 2.19 bits per heavy atom. The van der Waals surface area contributed by atoms with Gasteiger partial charge in [0.05, 0.1) is 0 Å². The first-order valence-corrected chi connectivity index (χ1v) is 7.17. The molecule has 1 fully saturated rings. The van der Waals surface area contributed by atoms with Crippen LogP contribution in [0.2, 0.25) is 0 Å². The van der Waals surface area contributed by atoms with Crippen molar-refractivity contribution < 1.29 is 9.59 Å². The van der Waals surface area contributed by atoms with Gasteiger partial charge in [-0.15, -0.1) is 0 Å². The highest BCUT2D eigenvalue weighted by Crippen LogP contribution is 2.20. The number of amides is 3. The predicted molar refractivity (Wildman–Crippen MR) is 81.9 cm³/mol. The third kappa shape index (κ3) is 3.52. The van der Waals surface area contributed by atoms with Crippen molar-refractivity contribution in [2.75, 3.05) is 18.9 Å². The minimum absolute atomic E-state index is 0.0905. The number of nitrogens with two attached hydrogens (primary N) is 1. The van der Waals surface area contributed by atoms with Crippen molar-refractivity contribution in [2.45, 2.75) is 31.8 Å². The number of nitrogens with zero attached hydrogens (tertiary/aromatic N) is 1. The highest BCUT2D eigenvalue weighted by Gasteiger charge is 2.33. The maximum atomic E-state index is 12.3. The van der Waals surface area contributed by atoms with Crippen LogP contribution in [0, 0.1) is 0 Å². The summed E-state index contributed by atoms with van der Waals surface area (Å²) >= 11 is 0. The van der Waals surface area contributed by atoms with E-state index in [2.05, 4.69) is 10.6 Å². The Hall–Kier alpha value is -2.08. The zero-order valence-corrected chi connectivity index (χ0v) is 12.4. The van der Waals surface area contributed by atoms with Crippen LogP contribution < -0.4 is 16.4 Å². The van der Waals surface area contributed by atoms with Gasteiger partial charge in [0.1, 0.15) is 6.04 Å². The average molecular weight is 290 g/mol. The number of likely N-dealkylation sites (tertiary alicyclic amines) is 1. The number of rotatable bonds is 3. The maximum absolute atomic E-state index is 12.3. The van der Waals surface area contributed by atoms with Gasteiger partial charge < -0.3 is 21.3 Å². The molecule has 0 spiro atoms. The summed E-state index contributed by atoms with van der Waals surface area (Å²) in [6.07, 6.45) is 1.54. The third-order valence-corrected chi connectivity index (χ3v) is 3.73. The number of hydrogen-bond donors (Lipinski definition) is 3. The fourth-order valence-corrected chi connectivity index (χ4v) is 2.54. The molecule has 2 unspecified atom stereocenters. The number of carbonyl (C=O) groups is 2. The standard InChI is InChI=1S/C15H22N4O2/c1-10(16)11-5-3-6-12(9-11)18-15(21)19-8-4-7-13(19)14(20)17-2/h3,5-6,9-10,13H,4,7-8,16H2,1-2H3,(H,17,20)(H,18,21). The van der Waals surface area contributed by atoms with Gasteiger partial charge in [0.15, 0.2) is 0 Å². The van der Waals surface area contributed by atoms with Crippen molar-refractivity contribution in [1.29, 1.82) is 0 Å². The summed E-state index contributed by atoms with van der Waals surface area (Å²) in [6.45, 7) is 2.49. The van der Waals surface area contributed by atoms with E-state index in [9.17, 15) is 9.59 Å². The van der Waals surface area contributed by atoms with Crippen molar-refractivity contribution in [1.82, 2.24) is 10.2 Å². The summed E-state index contributed by atoms with van der Waals surface area (Å²) in [5, 5.41) is 5.44. The molecule has 21 heavy (non-hydrogen) atoms. The van der Waals surface area contributed by atoms with E-state index in [-0.39, 0.29) is 24.0 Å². The SMILES string of the molecule is CNC(=O)C1CCCN1C(=O)Nc1cccc(C(C)N)c1. The highest BCUT2D eigenvalue weighted by molar-refractivity contribution is 5.94. The molecule has 114 valence electrons. The van der Waals surface area contributed by atoms with Crippen LogP contribution in [0.3, 0.4) is 0 Å². The van der Waals surface area contributed by atoms with Crippen LogP contribution in [0.1, 0.15) is 31.4 Å². The summed E-state index contributed by atoms with van der Waals surface area (Å²) in [5.74, 6) is -0.119. The Kier molecular flexibility index (Phi) is 4.80. The first-order valence-electron chi connectivity index (χ1n) is 7.17. The van der Waals surface area contributed by atoms with E-state index in [1.807, 2.05) is 31.2 Å². The Labute approximate surface area is 124 Å². The molecule has 1 saturated heterocycles. The number of likely N-dealkylation sites (N-methyl/N-ethyl adjacent to an activating group) is 1. The Morgan fingerprint density at radius 1 is 1.43 bits per heavy atom. The van der Waals surface area contributed by atoms with E-state index in [1.54, 1.807) is 11.9 Å². The molecule has 1 heterocycles. The molecular formula is C15H22N4O2. The molecule has 2 atom stereocenters. The van der Waals surface area contributed by atoms with Crippen LogP contribution in [0.5, 0.6) is 0 Å². The van der Waals surface area contributed by atoms with Crippen molar-refractivity contribution in [3.63, 3.8) is 0 Å². The summed E-state index contributed by atoms with van der Waals surface area (Å²) in [7, 11) is 1.59. The second kappa shape index (κ2) is 6.58. The lowest BCUT2D eigenvalue weighted by Gasteiger charge is -2.23. The smallest absolute Gasteiger partial charge is 0.322 e. The molecule has 0 saturated carbocycles. The van der Waals surface area contributed by atoms with Gasteiger partial charge >= 0.3 is 6.03 Å². The minimum atomic E-state index is -0.383. The molecule has 3 amide bonds. The van der Waals surface area contributed by atoms with Gasteiger partial charge in [-0.3, -0.25) is 4.79 Å². The van der Waals surface area contributed by atoms with Crippen LogP contribution in [0.15, 0.2) is 24.3 Å². The Bertz CT molecular complexity index is 530.